The molecule has 174 valence electrons. The van der Waals surface area contributed by atoms with Crippen molar-refractivity contribution in [1.82, 2.24) is 9.97 Å². The van der Waals surface area contributed by atoms with Crippen LogP contribution in [0.5, 0.6) is 0 Å². The van der Waals surface area contributed by atoms with Gasteiger partial charge in [-0.1, -0.05) is 48.5 Å². The first-order valence-electron chi connectivity index (χ1n) is 10.3. The van der Waals surface area contributed by atoms with E-state index < -0.39 is 27.5 Å². The van der Waals surface area contributed by atoms with Gasteiger partial charge in [0.15, 0.2) is 5.60 Å². The largest absolute Gasteiger partial charge is 0.416 e. The molecule has 34 heavy (non-hydrogen) atoms. The quantitative estimate of drug-likeness (QED) is 0.304. The van der Waals surface area contributed by atoms with Gasteiger partial charge in [0.2, 0.25) is 0 Å². The number of aromatic amines is 2. The number of hydrogen-bond acceptors (Lipinski definition) is 3. The summed E-state index contributed by atoms with van der Waals surface area (Å²) in [7, 11) is -4.11. The fraction of sp³-hybridized carbons (Fsp3) is 0.120. The molecule has 0 aliphatic rings. The SMILES string of the molecule is CS(=O)(=O)OC(c1ccc(C(F)(F)F)cc1)(c1c[nH]c2ccccc12)c1c[nH]c2ccccc12. The van der Waals surface area contributed by atoms with Gasteiger partial charge in [-0.3, -0.25) is 0 Å². The van der Waals surface area contributed by atoms with Crippen molar-refractivity contribution >= 4 is 31.9 Å². The summed E-state index contributed by atoms with van der Waals surface area (Å²) in [5.74, 6) is 0. The molecule has 2 N–H and O–H groups in total. The van der Waals surface area contributed by atoms with Crippen LogP contribution in [0.15, 0.2) is 85.2 Å². The van der Waals surface area contributed by atoms with Crippen LogP contribution in [0.3, 0.4) is 0 Å². The lowest BCUT2D eigenvalue weighted by Gasteiger charge is -2.33. The summed E-state index contributed by atoms with van der Waals surface area (Å²) in [5.41, 5.74) is -0.00739. The second-order valence-corrected chi connectivity index (χ2v) is 9.61. The summed E-state index contributed by atoms with van der Waals surface area (Å²) >= 11 is 0. The topological polar surface area (TPSA) is 75.0 Å². The molecule has 5 rings (SSSR count). The molecule has 0 atom stereocenters. The van der Waals surface area contributed by atoms with Gasteiger partial charge in [-0.05, 0) is 29.8 Å². The van der Waals surface area contributed by atoms with Crippen LogP contribution in [0, 0.1) is 0 Å². The summed E-state index contributed by atoms with van der Waals surface area (Å²) in [6.07, 6.45) is -0.347. The van der Waals surface area contributed by atoms with Gasteiger partial charge < -0.3 is 9.97 Å². The number of rotatable bonds is 5. The number of fused-ring (bicyclic) bond motifs is 2. The maximum Gasteiger partial charge on any atom is 0.416 e. The van der Waals surface area contributed by atoms with E-state index in [9.17, 15) is 21.6 Å². The first kappa shape index (κ1) is 22.2. The highest BCUT2D eigenvalue weighted by Crippen LogP contribution is 2.47. The molecule has 2 aromatic heterocycles. The van der Waals surface area contributed by atoms with Crippen LogP contribution in [0.1, 0.15) is 22.3 Å². The Morgan fingerprint density at radius 2 is 1.15 bits per heavy atom. The minimum absolute atomic E-state index is 0.237. The number of hydrogen-bond donors (Lipinski definition) is 2. The van der Waals surface area contributed by atoms with E-state index in [1.807, 2.05) is 24.3 Å². The fourth-order valence-corrected chi connectivity index (χ4v) is 5.17. The van der Waals surface area contributed by atoms with Gasteiger partial charge in [0.1, 0.15) is 0 Å². The van der Waals surface area contributed by atoms with Crippen LogP contribution < -0.4 is 0 Å². The van der Waals surface area contributed by atoms with Crippen LogP contribution >= 0.6 is 0 Å². The second-order valence-electron chi connectivity index (χ2n) is 8.04. The number of aromatic nitrogens is 2. The highest BCUT2D eigenvalue weighted by Gasteiger charge is 2.45. The van der Waals surface area contributed by atoms with Crippen molar-refractivity contribution in [1.29, 1.82) is 0 Å². The van der Waals surface area contributed by atoms with Crippen LogP contribution in [0.25, 0.3) is 21.8 Å². The maximum absolute atomic E-state index is 13.3. The Morgan fingerprint density at radius 1 is 0.706 bits per heavy atom. The van der Waals surface area contributed by atoms with Gasteiger partial charge in [-0.25, -0.2) is 4.18 Å². The van der Waals surface area contributed by atoms with Gasteiger partial charge in [0, 0.05) is 45.3 Å². The first-order chi connectivity index (χ1) is 16.1. The van der Waals surface area contributed by atoms with Crippen molar-refractivity contribution < 1.29 is 25.8 Å². The zero-order valence-electron chi connectivity index (χ0n) is 17.8. The normalized spacial score (nSPS) is 13.1. The molecule has 0 amide bonds. The third-order valence-corrected chi connectivity index (χ3v) is 6.38. The van der Waals surface area contributed by atoms with E-state index in [1.54, 1.807) is 36.7 Å². The number of para-hydroxylation sites is 2. The van der Waals surface area contributed by atoms with Gasteiger partial charge in [0.25, 0.3) is 10.1 Å². The minimum atomic E-state index is -4.54. The molecule has 0 aliphatic carbocycles. The van der Waals surface area contributed by atoms with Crippen molar-refractivity contribution in [3.05, 3.63) is 107 Å². The van der Waals surface area contributed by atoms with Crippen LogP contribution in [0.2, 0.25) is 0 Å². The molecule has 0 radical (unpaired) electrons. The van der Waals surface area contributed by atoms with E-state index in [0.29, 0.717) is 21.9 Å². The van der Waals surface area contributed by atoms with E-state index in [1.165, 1.54) is 12.1 Å². The van der Waals surface area contributed by atoms with Crippen LogP contribution in [0.4, 0.5) is 13.2 Å². The van der Waals surface area contributed by atoms with E-state index in [4.69, 9.17) is 4.18 Å². The molecule has 9 heteroatoms. The number of nitrogens with one attached hydrogen (secondary N) is 2. The number of H-pyrrole nitrogens is 2. The summed E-state index contributed by atoms with van der Waals surface area (Å²) in [6, 6.07) is 18.9. The lowest BCUT2D eigenvalue weighted by Crippen LogP contribution is -2.35. The zero-order valence-corrected chi connectivity index (χ0v) is 18.7. The predicted molar refractivity (Wildman–Crippen MR) is 124 cm³/mol. The van der Waals surface area contributed by atoms with Gasteiger partial charge in [0.05, 0.1) is 11.8 Å². The molecule has 0 saturated carbocycles. The van der Waals surface area contributed by atoms with Gasteiger partial charge in [-0.15, -0.1) is 0 Å². The Hall–Kier alpha value is -3.56. The van der Waals surface area contributed by atoms with Crippen molar-refractivity contribution in [3.8, 4) is 0 Å². The summed E-state index contributed by atoms with van der Waals surface area (Å²) in [5, 5.41) is 1.35. The Kier molecular flexibility index (Phi) is 5.07. The lowest BCUT2D eigenvalue weighted by molar-refractivity contribution is -0.137. The first-order valence-corrected chi connectivity index (χ1v) is 12.1. The molecule has 0 unspecified atom stereocenters. The third-order valence-electron chi connectivity index (χ3n) is 5.83. The predicted octanol–water partition coefficient (Wildman–Crippen LogP) is 5.94. The molecule has 0 bridgehead atoms. The van der Waals surface area contributed by atoms with E-state index in [-0.39, 0.29) is 5.56 Å². The lowest BCUT2D eigenvalue weighted by atomic mass is 9.80. The molecule has 2 heterocycles. The third kappa shape index (κ3) is 3.66. The van der Waals surface area contributed by atoms with Crippen LogP contribution in [-0.4, -0.2) is 24.6 Å². The van der Waals surface area contributed by atoms with Crippen LogP contribution in [-0.2, 0) is 26.1 Å². The highest BCUT2D eigenvalue weighted by molar-refractivity contribution is 7.86. The second kappa shape index (κ2) is 7.75. The Morgan fingerprint density at radius 3 is 1.59 bits per heavy atom. The molecule has 0 fully saturated rings. The average molecular weight is 484 g/mol. The number of halogens is 3. The molecule has 0 saturated heterocycles. The van der Waals surface area contributed by atoms with Gasteiger partial charge in [-0.2, -0.15) is 21.6 Å². The van der Waals surface area contributed by atoms with Crippen molar-refractivity contribution in [2.75, 3.05) is 6.26 Å². The van der Waals surface area contributed by atoms with Gasteiger partial charge >= 0.3 is 6.18 Å². The summed E-state index contributed by atoms with van der Waals surface area (Å²) in [6.45, 7) is 0. The Balaban J connectivity index is 1.91. The number of alkyl halides is 3. The minimum Gasteiger partial charge on any atom is -0.361 e. The monoisotopic (exact) mass is 484 g/mol. The standard InChI is InChI=1S/C25H19F3N2O3S/c1-34(31,32)33-24(16-10-12-17(13-11-16)25(26,27)28,20-14-29-22-8-4-2-6-18(20)22)21-15-30-23-9-5-3-7-19(21)23/h2-15,29-30H,1H3. The average Bonchev–Trinajstić information content (AvgIpc) is 3.42. The molecule has 3 aromatic carbocycles. The molecular formula is C25H19F3N2O3S. The highest BCUT2D eigenvalue weighted by atomic mass is 32.2. The Bertz CT molecular complexity index is 1530. The van der Waals surface area contributed by atoms with E-state index in [2.05, 4.69) is 9.97 Å². The zero-order chi connectivity index (χ0) is 24.1. The van der Waals surface area contributed by atoms with E-state index >= 15 is 0 Å². The molecule has 5 aromatic rings. The van der Waals surface area contributed by atoms with Crippen molar-refractivity contribution in [2.45, 2.75) is 11.8 Å². The van der Waals surface area contributed by atoms with Crippen molar-refractivity contribution in [3.63, 3.8) is 0 Å². The molecule has 0 aliphatic heterocycles. The smallest absolute Gasteiger partial charge is 0.361 e. The fourth-order valence-electron chi connectivity index (χ4n) is 4.44. The number of benzene rings is 3. The summed E-state index contributed by atoms with van der Waals surface area (Å²) in [4.78, 5) is 6.26. The van der Waals surface area contributed by atoms with Crippen molar-refractivity contribution in [2.24, 2.45) is 0 Å². The maximum atomic E-state index is 13.3. The Labute approximate surface area is 193 Å². The molecular weight excluding hydrogens is 465 g/mol. The summed E-state index contributed by atoms with van der Waals surface area (Å²) < 4.78 is 71.2. The molecule has 5 nitrogen and oxygen atoms in total. The van der Waals surface area contributed by atoms with E-state index in [0.717, 1.165) is 29.4 Å². The molecule has 0 spiro atoms.